The molecule has 4 atom stereocenters. The fraction of sp³-hybridized carbons (Fsp3) is 0.758. The fourth-order valence-electron chi connectivity index (χ4n) is 4.84. The van der Waals surface area contributed by atoms with Gasteiger partial charge >= 0.3 is 23.9 Å². The molecule has 0 aliphatic carbocycles. The summed E-state index contributed by atoms with van der Waals surface area (Å²) >= 11 is 0. The van der Waals surface area contributed by atoms with Gasteiger partial charge in [0.1, 0.15) is 24.2 Å². The van der Waals surface area contributed by atoms with Crippen LogP contribution < -0.4 is 21.3 Å². The second-order valence-corrected chi connectivity index (χ2v) is 17.5. The highest BCUT2D eigenvalue weighted by Crippen LogP contribution is 2.26. The number of esters is 4. The highest BCUT2D eigenvalue weighted by atomic mass is 33.1. The second-order valence-electron chi connectivity index (χ2n) is 12.4. The number of nitrogens with one attached hydrogen (secondary N) is 4. The molecule has 0 bridgehead atoms. The SMILES string of the molecule is COC(=O)C1CSSCC(C(=O)OC)NC(=O)CCOCC2(COCCC(=O)N1)COCCC(=O)NC(C(=O)OC)CSSC[C@@H](C(=O)OC)NC(=O)CCOC2. The smallest absolute Gasteiger partial charge is 0.329 e. The molecule has 2 rings (SSSR count). The Labute approximate surface area is 346 Å². The second kappa shape index (κ2) is 28.4. The van der Waals surface area contributed by atoms with E-state index in [0.29, 0.717) is 0 Å². The lowest BCUT2D eigenvalue weighted by Gasteiger charge is -2.33. The van der Waals surface area contributed by atoms with Gasteiger partial charge in [-0.1, -0.05) is 43.2 Å². The van der Waals surface area contributed by atoms with Gasteiger partial charge in [0.2, 0.25) is 23.6 Å². The molecule has 2 aliphatic heterocycles. The molecule has 24 heteroatoms. The van der Waals surface area contributed by atoms with E-state index in [2.05, 4.69) is 21.3 Å². The molecule has 0 aromatic heterocycles. The van der Waals surface area contributed by atoms with Crippen molar-refractivity contribution in [3.8, 4) is 0 Å². The van der Waals surface area contributed by atoms with Gasteiger partial charge in [0.05, 0.1) is 86.7 Å². The van der Waals surface area contributed by atoms with Crippen molar-refractivity contribution >= 4 is 90.7 Å². The molecule has 2 saturated heterocycles. The van der Waals surface area contributed by atoms with Gasteiger partial charge in [-0.05, 0) is 0 Å². The first-order valence-electron chi connectivity index (χ1n) is 17.7. The quantitative estimate of drug-likeness (QED) is 0.150. The molecular weight excluding hydrogens is 837 g/mol. The van der Waals surface area contributed by atoms with E-state index in [1.807, 2.05) is 0 Å². The highest BCUT2D eigenvalue weighted by Gasteiger charge is 2.34. The van der Waals surface area contributed by atoms with Gasteiger partial charge in [-0.3, -0.25) is 19.2 Å². The summed E-state index contributed by atoms with van der Waals surface area (Å²) in [4.78, 5) is 101. The molecule has 0 aromatic carbocycles. The number of rotatable bonds is 4. The Kier molecular flexibility index (Phi) is 25.0. The summed E-state index contributed by atoms with van der Waals surface area (Å²) in [5, 5.41) is 10.5. The van der Waals surface area contributed by atoms with Gasteiger partial charge in [-0.2, -0.15) is 0 Å². The molecule has 3 unspecified atom stereocenters. The van der Waals surface area contributed by atoms with Crippen molar-refractivity contribution in [2.75, 3.05) is 104 Å². The van der Waals surface area contributed by atoms with E-state index in [1.54, 1.807) is 0 Å². The molecule has 2 aliphatic rings. The summed E-state index contributed by atoms with van der Waals surface area (Å²) in [6.45, 7) is -0.878. The third-order valence-corrected chi connectivity index (χ3v) is 12.8. The first-order valence-corrected chi connectivity index (χ1v) is 22.6. The molecule has 4 amide bonds. The van der Waals surface area contributed by atoms with Crippen molar-refractivity contribution < 1.29 is 76.3 Å². The van der Waals surface area contributed by atoms with E-state index in [4.69, 9.17) is 37.9 Å². The van der Waals surface area contributed by atoms with Crippen LogP contribution in [0.15, 0.2) is 0 Å². The summed E-state index contributed by atoms with van der Waals surface area (Å²) in [6, 6.07) is -4.06. The van der Waals surface area contributed by atoms with Crippen LogP contribution in [0.25, 0.3) is 0 Å². The predicted octanol–water partition coefficient (Wildman–Crippen LogP) is -0.979. The number of ether oxygens (including phenoxy) is 8. The van der Waals surface area contributed by atoms with Crippen LogP contribution in [0.4, 0.5) is 0 Å². The molecule has 2 fully saturated rings. The van der Waals surface area contributed by atoms with Crippen LogP contribution in [0.3, 0.4) is 0 Å². The number of hydrogen-bond acceptors (Lipinski definition) is 20. The van der Waals surface area contributed by atoms with Gasteiger partial charge in [-0.15, -0.1) is 0 Å². The maximum absolute atomic E-state index is 12.9. The zero-order chi connectivity index (χ0) is 42.1. The van der Waals surface area contributed by atoms with Crippen molar-refractivity contribution in [1.82, 2.24) is 21.3 Å². The lowest BCUT2D eigenvalue weighted by Crippen LogP contribution is -2.45. The Morgan fingerprint density at radius 2 is 0.667 bits per heavy atom. The maximum atomic E-state index is 12.9. The topological polar surface area (TPSA) is 259 Å². The molecule has 0 saturated carbocycles. The van der Waals surface area contributed by atoms with E-state index in [0.717, 1.165) is 0 Å². The van der Waals surface area contributed by atoms with Crippen LogP contribution in [0.1, 0.15) is 25.7 Å². The molecule has 0 radical (unpaired) electrons. The number of amides is 4. The summed E-state index contributed by atoms with van der Waals surface area (Å²) in [5.41, 5.74) is -1.13. The van der Waals surface area contributed by atoms with Crippen molar-refractivity contribution in [1.29, 1.82) is 0 Å². The third-order valence-electron chi connectivity index (χ3n) is 7.92. The molecule has 0 aromatic rings. The highest BCUT2D eigenvalue weighted by molar-refractivity contribution is 8.77. The minimum absolute atomic E-state index is 0.0953. The Morgan fingerprint density at radius 1 is 0.456 bits per heavy atom. The number of carbonyl (C=O) groups excluding carboxylic acids is 8. The maximum Gasteiger partial charge on any atom is 0.329 e. The Hall–Kier alpha value is -3.00. The molecule has 1 spiro atoms. The Morgan fingerprint density at radius 3 is 0.860 bits per heavy atom. The third kappa shape index (κ3) is 20.0. The first-order chi connectivity index (χ1) is 27.4. The van der Waals surface area contributed by atoms with Gasteiger partial charge < -0.3 is 59.2 Å². The van der Waals surface area contributed by atoms with Crippen molar-refractivity contribution in [2.45, 2.75) is 49.9 Å². The average Bonchev–Trinajstić information content (AvgIpc) is 3.20. The normalized spacial score (nSPS) is 27.0. The standard InChI is InChI=1S/C33H52N4O16S4/c1-46-29(42)21-13-54-55-14-22(30(43)47-2)35-26(39)6-10-51-18-33(17-50-9-5-25(38)34-21)19-52-11-7-27(40)36-23(31(44)48-3)15-56-57-16-24(32(45)49-4)37-28(41)8-12-53-20-33/h21-24H,5-20H2,1-4H3,(H,34,38)(H,35,39)(H,36,40)(H,37,41)/t21-,22?,23?,24?,33?/m0/s1. The molecule has 324 valence electrons. The van der Waals surface area contributed by atoms with E-state index in [1.165, 1.54) is 71.6 Å². The largest absolute Gasteiger partial charge is 0.467 e. The zero-order valence-electron chi connectivity index (χ0n) is 32.3. The van der Waals surface area contributed by atoms with Gasteiger partial charge in [0, 0.05) is 48.7 Å². The zero-order valence-corrected chi connectivity index (χ0v) is 35.6. The molecular formula is C33H52N4O16S4. The van der Waals surface area contributed by atoms with Gasteiger partial charge in [0.15, 0.2) is 0 Å². The minimum atomic E-state index is -1.13. The summed E-state index contributed by atoms with van der Waals surface area (Å²) in [5.74, 6) is -4.35. The lowest BCUT2D eigenvalue weighted by atomic mass is 9.92. The summed E-state index contributed by atoms with van der Waals surface area (Å²) in [7, 11) is 9.50. The number of hydrogen-bond donors (Lipinski definition) is 4. The Bertz CT molecular complexity index is 1150. The predicted molar refractivity (Wildman–Crippen MR) is 210 cm³/mol. The van der Waals surface area contributed by atoms with E-state index in [9.17, 15) is 38.4 Å². The Balaban J connectivity index is 2.34. The van der Waals surface area contributed by atoms with E-state index >= 15 is 0 Å². The van der Waals surface area contributed by atoms with E-state index in [-0.39, 0.29) is 102 Å². The first kappa shape index (κ1) is 50.1. The monoisotopic (exact) mass is 888 g/mol. The fourth-order valence-corrected chi connectivity index (χ4v) is 9.43. The van der Waals surface area contributed by atoms with Crippen LogP contribution in [0.5, 0.6) is 0 Å². The summed E-state index contributed by atoms with van der Waals surface area (Å²) in [6.07, 6.45) is -0.586. The average molecular weight is 889 g/mol. The van der Waals surface area contributed by atoms with Crippen LogP contribution in [0, 0.1) is 5.41 Å². The van der Waals surface area contributed by atoms with Gasteiger partial charge in [0.25, 0.3) is 0 Å². The molecule has 57 heavy (non-hydrogen) atoms. The molecule has 2 heterocycles. The van der Waals surface area contributed by atoms with Gasteiger partial charge in [-0.25, -0.2) is 19.2 Å². The van der Waals surface area contributed by atoms with Crippen LogP contribution >= 0.6 is 43.2 Å². The van der Waals surface area contributed by atoms with Crippen molar-refractivity contribution in [2.24, 2.45) is 5.41 Å². The molecule has 20 nitrogen and oxygen atoms in total. The van der Waals surface area contributed by atoms with Crippen LogP contribution in [-0.4, -0.2) is 176 Å². The van der Waals surface area contributed by atoms with Crippen LogP contribution in [0.2, 0.25) is 0 Å². The minimum Gasteiger partial charge on any atom is -0.467 e. The van der Waals surface area contributed by atoms with Crippen molar-refractivity contribution in [3.05, 3.63) is 0 Å². The lowest BCUT2D eigenvalue weighted by molar-refractivity contribution is -0.144. The van der Waals surface area contributed by atoms with Crippen molar-refractivity contribution in [3.63, 3.8) is 0 Å². The van der Waals surface area contributed by atoms with E-state index < -0.39 is 77.1 Å². The number of carbonyl (C=O) groups is 8. The van der Waals surface area contributed by atoms with Crippen LogP contribution in [-0.2, 0) is 76.3 Å². The molecule has 4 N–H and O–H groups in total. The summed E-state index contributed by atoms with van der Waals surface area (Å²) < 4.78 is 43.1. The number of methoxy groups -OCH3 is 4.